The van der Waals surface area contributed by atoms with Crippen LogP contribution >= 0.6 is 11.6 Å². The predicted molar refractivity (Wildman–Crippen MR) is 89.5 cm³/mol. The number of aromatic nitrogens is 2. The van der Waals surface area contributed by atoms with Gasteiger partial charge in [0, 0.05) is 24.5 Å². The van der Waals surface area contributed by atoms with Gasteiger partial charge in [0.1, 0.15) is 11.9 Å². The molecule has 1 fully saturated rings. The molecule has 1 aliphatic heterocycles. The van der Waals surface area contributed by atoms with E-state index in [1.165, 1.54) is 18.2 Å². The zero-order valence-corrected chi connectivity index (χ0v) is 14.3. The van der Waals surface area contributed by atoms with E-state index in [1.54, 1.807) is 6.20 Å². The first-order valence-corrected chi connectivity index (χ1v) is 8.26. The summed E-state index contributed by atoms with van der Waals surface area (Å²) in [7, 11) is 0. The van der Waals surface area contributed by atoms with Gasteiger partial charge in [0.2, 0.25) is 5.91 Å². The molecule has 0 bridgehead atoms. The number of nitrogens with zero attached hydrogens (tertiary/aromatic N) is 2. The average Bonchev–Trinajstić information content (AvgIpc) is 3.18. The van der Waals surface area contributed by atoms with Crippen LogP contribution in [0.3, 0.4) is 0 Å². The van der Waals surface area contributed by atoms with Crippen molar-refractivity contribution < 1.29 is 13.9 Å². The smallest absolute Gasteiger partial charge is 0.230 e. The Morgan fingerprint density at radius 2 is 2.25 bits per heavy atom. The van der Waals surface area contributed by atoms with Crippen LogP contribution in [0, 0.1) is 11.7 Å². The molecule has 0 saturated carbocycles. The van der Waals surface area contributed by atoms with Crippen LogP contribution in [-0.2, 0) is 9.53 Å². The van der Waals surface area contributed by atoms with Crippen molar-refractivity contribution in [3.05, 3.63) is 47.0 Å². The van der Waals surface area contributed by atoms with Gasteiger partial charge in [-0.2, -0.15) is 5.10 Å². The van der Waals surface area contributed by atoms with Gasteiger partial charge in [-0.05, 0) is 44.5 Å². The van der Waals surface area contributed by atoms with Gasteiger partial charge < -0.3 is 10.1 Å². The van der Waals surface area contributed by atoms with E-state index >= 15 is 0 Å². The van der Waals surface area contributed by atoms with Crippen molar-refractivity contribution in [3.8, 4) is 0 Å². The third-order valence-electron chi connectivity index (χ3n) is 4.10. The lowest BCUT2D eigenvalue weighted by molar-refractivity contribution is -0.121. The molecule has 1 aliphatic rings. The average molecular weight is 352 g/mol. The minimum atomic E-state index is -0.516. The first kappa shape index (κ1) is 16.9. The third-order valence-corrected chi connectivity index (χ3v) is 4.39. The van der Waals surface area contributed by atoms with E-state index in [1.807, 2.05) is 24.6 Å². The van der Waals surface area contributed by atoms with Crippen molar-refractivity contribution in [2.45, 2.75) is 32.4 Å². The Hall–Kier alpha value is -1.92. The molecule has 7 heteroatoms. The van der Waals surface area contributed by atoms with E-state index in [0.29, 0.717) is 18.7 Å². The summed E-state index contributed by atoms with van der Waals surface area (Å²) in [4.78, 5) is 12.6. The number of anilines is 1. The first-order valence-electron chi connectivity index (χ1n) is 7.88. The molecular weight excluding hydrogens is 333 g/mol. The molecule has 0 unspecified atom stereocenters. The highest BCUT2D eigenvalue weighted by atomic mass is 35.5. The number of amides is 1. The highest BCUT2D eigenvalue weighted by molar-refractivity contribution is 6.31. The monoisotopic (exact) mass is 351 g/mol. The summed E-state index contributed by atoms with van der Waals surface area (Å²) in [6.45, 7) is 4.57. The quantitative estimate of drug-likeness (QED) is 0.906. The minimum absolute atomic E-state index is 0.0232. The maximum atomic E-state index is 13.2. The molecule has 2 atom stereocenters. The van der Waals surface area contributed by atoms with Crippen LogP contribution in [-0.4, -0.2) is 22.3 Å². The van der Waals surface area contributed by atoms with Crippen molar-refractivity contribution in [3.63, 3.8) is 0 Å². The molecule has 0 spiro atoms. The van der Waals surface area contributed by atoms with Crippen LogP contribution in [0.15, 0.2) is 30.5 Å². The number of rotatable bonds is 4. The number of hydrogen-bond acceptors (Lipinski definition) is 3. The molecule has 1 N–H and O–H groups in total. The lowest BCUT2D eigenvalue weighted by atomic mass is 9.97. The molecule has 1 aromatic heterocycles. The molecule has 1 amide bonds. The SMILES string of the molecule is CC(C)n1nccc1[C@H]1OCC[C@@H]1C(=O)Nc1ccc(F)c(Cl)c1. The fourth-order valence-electron chi connectivity index (χ4n) is 2.94. The number of halogens is 2. The molecule has 1 aromatic carbocycles. The minimum Gasteiger partial charge on any atom is -0.371 e. The summed E-state index contributed by atoms with van der Waals surface area (Å²) < 4.78 is 20.9. The van der Waals surface area contributed by atoms with E-state index in [4.69, 9.17) is 16.3 Å². The highest BCUT2D eigenvalue weighted by Gasteiger charge is 2.37. The summed E-state index contributed by atoms with van der Waals surface area (Å²) >= 11 is 5.76. The summed E-state index contributed by atoms with van der Waals surface area (Å²) in [6.07, 6.45) is 1.99. The Balaban J connectivity index is 1.78. The normalized spacial score (nSPS) is 20.5. The standard InChI is InChI=1S/C17H19ClFN3O2/c1-10(2)22-15(5-7-20-22)16-12(6-8-24-16)17(23)21-11-3-4-14(19)13(18)9-11/h3-5,7,9-10,12,16H,6,8H2,1-2H3,(H,21,23)/t12-,16-/m0/s1. The maximum absolute atomic E-state index is 13.2. The molecule has 5 nitrogen and oxygen atoms in total. The van der Waals surface area contributed by atoms with Crippen molar-refractivity contribution in [2.75, 3.05) is 11.9 Å². The van der Waals surface area contributed by atoms with E-state index in [2.05, 4.69) is 10.4 Å². The Labute approximate surface area is 144 Å². The van der Waals surface area contributed by atoms with E-state index in [9.17, 15) is 9.18 Å². The number of nitrogens with one attached hydrogen (secondary N) is 1. The lowest BCUT2D eigenvalue weighted by Gasteiger charge is -2.21. The van der Waals surface area contributed by atoms with Crippen LogP contribution in [0.5, 0.6) is 0 Å². The molecular formula is C17H19ClFN3O2. The van der Waals surface area contributed by atoms with Crippen LogP contribution in [0.2, 0.25) is 5.02 Å². The number of hydrogen-bond donors (Lipinski definition) is 1. The topological polar surface area (TPSA) is 56.2 Å². The van der Waals surface area contributed by atoms with Crippen molar-refractivity contribution in [1.29, 1.82) is 0 Å². The predicted octanol–water partition coefficient (Wildman–Crippen LogP) is 3.97. The Kier molecular flexibility index (Phi) is 4.87. The molecule has 128 valence electrons. The summed E-state index contributed by atoms with van der Waals surface area (Å²) in [6, 6.07) is 6.18. The second-order valence-corrected chi connectivity index (χ2v) is 6.51. The number of benzene rings is 1. The zero-order valence-electron chi connectivity index (χ0n) is 13.5. The number of carbonyl (C=O) groups is 1. The third kappa shape index (κ3) is 3.30. The molecule has 24 heavy (non-hydrogen) atoms. The second kappa shape index (κ2) is 6.91. The Morgan fingerprint density at radius 1 is 1.46 bits per heavy atom. The summed E-state index contributed by atoms with van der Waals surface area (Å²) in [5, 5.41) is 7.07. The van der Waals surface area contributed by atoms with Crippen molar-refractivity contribution in [1.82, 2.24) is 9.78 Å². The van der Waals surface area contributed by atoms with Gasteiger partial charge in [0.25, 0.3) is 0 Å². The van der Waals surface area contributed by atoms with E-state index in [-0.39, 0.29) is 29.0 Å². The van der Waals surface area contributed by atoms with Gasteiger partial charge in [0.05, 0.1) is 16.6 Å². The van der Waals surface area contributed by atoms with Gasteiger partial charge in [-0.15, -0.1) is 0 Å². The molecule has 1 saturated heterocycles. The van der Waals surface area contributed by atoms with E-state index < -0.39 is 5.82 Å². The number of ether oxygens (including phenoxy) is 1. The van der Waals surface area contributed by atoms with Crippen molar-refractivity contribution >= 4 is 23.2 Å². The van der Waals surface area contributed by atoms with Crippen LogP contribution in [0.25, 0.3) is 0 Å². The molecule has 3 rings (SSSR count). The Bertz CT molecular complexity index is 747. The zero-order chi connectivity index (χ0) is 17.3. The second-order valence-electron chi connectivity index (χ2n) is 6.10. The largest absolute Gasteiger partial charge is 0.371 e. The summed E-state index contributed by atoms with van der Waals surface area (Å²) in [5.41, 5.74) is 1.36. The first-order chi connectivity index (χ1) is 11.5. The maximum Gasteiger partial charge on any atom is 0.230 e. The fraction of sp³-hybridized carbons (Fsp3) is 0.412. The van der Waals surface area contributed by atoms with Gasteiger partial charge in [0.15, 0.2) is 0 Å². The molecule has 0 aliphatic carbocycles. The van der Waals surface area contributed by atoms with Gasteiger partial charge >= 0.3 is 0 Å². The highest BCUT2D eigenvalue weighted by Crippen LogP contribution is 2.36. The molecule has 0 radical (unpaired) electrons. The summed E-state index contributed by atoms with van der Waals surface area (Å²) in [5.74, 6) is -1.02. The number of carbonyl (C=O) groups excluding carboxylic acids is 1. The van der Waals surface area contributed by atoms with Crippen LogP contribution < -0.4 is 5.32 Å². The van der Waals surface area contributed by atoms with Crippen LogP contribution in [0.4, 0.5) is 10.1 Å². The van der Waals surface area contributed by atoms with Crippen molar-refractivity contribution in [2.24, 2.45) is 5.92 Å². The van der Waals surface area contributed by atoms with Gasteiger partial charge in [-0.3, -0.25) is 9.48 Å². The van der Waals surface area contributed by atoms with Gasteiger partial charge in [-0.1, -0.05) is 11.6 Å². The lowest BCUT2D eigenvalue weighted by Crippen LogP contribution is -2.27. The molecule has 2 heterocycles. The van der Waals surface area contributed by atoms with E-state index in [0.717, 1.165) is 5.69 Å². The van der Waals surface area contributed by atoms with Gasteiger partial charge in [-0.25, -0.2) is 4.39 Å². The Morgan fingerprint density at radius 3 is 2.96 bits per heavy atom. The molecule has 2 aromatic rings. The van der Waals surface area contributed by atoms with Crippen LogP contribution in [0.1, 0.15) is 38.1 Å². The fourth-order valence-corrected chi connectivity index (χ4v) is 3.12.